The molecule has 4 heteroatoms. The molecule has 0 aromatic carbocycles. The number of aliphatic hydroxyl groups is 1. The van der Waals surface area contributed by atoms with Crippen LogP contribution in [0.2, 0.25) is 0 Å². The van der Waals surface area contributed by atoms with E-state index in [9.17, 15) is 9.59 Å². The van der Waals surface area contributed by atoms with Crippen LogP contribution >= 0.6 is 0 Å². The van der Waals surface area contributed by atoms with Gasteiger partial charge in [0.05, 0.1) is 24.5 Å². The van der Waals surface area contributed by atoms with E-state index in [4.69, 9.17) is 5.11 Å². The van der Waals surface area contributed by atoms with Crippen molar-refractivity contribution < 1.29 is 14.7 Å². The Bertz CT molecular complexity index is 498. The van der Waals surface area contributed by atoms with Gasteiger partial charge in [0.2, 0.25) is 11.8 Å². The second kappa shape index (κ2) is 3.79. The highest BCUT2D eigenvalue weighted by molar-refractivity contribution is 6.09. The van der Waals surface area contributed by atoms with Crippen molar-refractivity contribution in [2.75, 3.05) is 13.2 Å². The number of imide groups is 1. The van der Waals surface area contributed by atoms with E-state index in [1.807, 2.05) is 0 Å². The Morgan fingerprint density at radius 1 is 1.58 bits per heavy atom. The molecule has 0 aromatic heterocycles. The van der Waals surface area contributed by atoms with E-state index >= 15 is 0 Å². The Kier molecular flexibility index (Phi) is 2.52. The van der Waals surface area contributed by atoms with Gasteiger partial charge in [-0.3, -0.25) is 14.5 Å². The van der Waals surface area contributed by atoms with Crippen LogP contribution in [-0.2, 0) is 9.59 Å². The Labute approximate surface area is 112 Å². The highest BCUT2D eigenvalue weighted by atomic mass is 16.3. The molecule has 1 saturated heterocycles. The molecule has 0 aromatic rings. The van der Waals surface area contributed by atoms with Crippen molar-refractivity contribution in [1.82, 2.24) is 4.90 Å². The molecule has 4 unspecified atom stereocenters. The van der Waals surface area contributed by atoms with Crippen LogP contribution in [0.25, 0.3) is 0 Å². The average molecular weight is 261 g/mol. The topological polar surface area (TPSA) is 57.6 Å². The molecule has 0 radical (unpaired) electrons. The SMILES string of the molecule is C=CCC12C(=O)N(CCO)C(=O)C1C1C=CC2(C)C1. The molecule has 2 amide bonds. The molecule has 4 atom stereocenters. The fourth-order valence-corrected chi connectivity index (χ4v) is 4.51. The van der Waals surface area contributed by atoms with Crippen LogP contribution in [0, 0.1) is 22.7 Å². The minimum Gasteiger partial charge on any atom is -0.395 e. The summed E-state index contributed by atoms with van der Waals surface area (Å²) in [6.45, 7) is 5.77. The number of carbonyl (C=O) groups excluding carboxylic acids is 2. The maximum atomic E-state index is 12.8. The summed E-state index contributed by atoms with van der Waals surface area (Å²) in [6.07, 6.45) is 7.34. The highest BCUT2D eigenvalue weighted by Crippen LogP contribution is 2.68. The van der Waals surface area contributed by atoms with Crippen LogP contribution in [-0.4, -0.2) is 35.0 Å². The van der Waals surface area contributed by atoms with Gasteiger partial charge in [-0.1, -0.05) is 25.2 Å². The van der Waals surface area contributed by atoms with E-state index in [0.29, 0.717) is 6.42 Å². The standard InChI is InChI=1S/C15H19NO3/c1-3-5-15-11(10-4-6-14(15,2)9-10)12(18)16(7-8-17)13(15)19/h3-4,6,10-11,17H,1,5,7-9H2,2H3. The van der Waals surface area contributed by atoms with Crippen LogP contribution in [0.4, 0.5) is 0 Å². The lowest BCUT2D eigenvalue weighted by Gasteiger charge is -2.39. The second-order valence-corrected chi connectivity index (χ2v) is 6.11. The number of rotatable bonds is 4. The van der Waals surface area contributed by atoms with Crippen molar-refractivity contribution in [1.29, 1.82) is 0 Å². The number of amides is 2. The van der Waals surface area contributed by atoms with Crippen molar-refractivity contribution in [3.63, 3.8) is 0 Å². The molecule has 1 aliphatic heterocycles. The number of carbonyl (C=O) groups is 2. The van der Waals surface area contributed by atoms with Crippen molar-refractivity contribution in [2.45, 2.75) is 19.8 Å². The minimum atomic E-state index is -0.666. The fourth-order valence-electron chi connectivity index (χ4n) is 4.51. The molecule has 1 N–H and O–H groups in total. The lowest BCUT2D eigenvalue weighted by molar-refractivity contribution is -0.144. The average Bonchev–Trinajstić information content (AvgIpc) is 2.93. The van der Waals surface area contributed by atoms with Gasteiger partial charge in [0.25, 0.3) is 0 Å². The highest BCUT2D eigenvalue weighted by Gasteiger charge is 2.73. The summed E-state index contributed by atoms with van der Waals surface area (Å²) in [6, 6.07) is 0. The van der Waals surface area contributed by atoms with Gasteiger partial charge in [-0.25, -0.2) is 0 Å². The zero-order valence-corrected chi connectivity index (χ0v) is 11.1. The van der Waals surface area contributed by atoms with Crippen LogP contribution in [0.3, 0.4) is 0 Å². The van der Waals surface area contributed by atoms with Crippen LogP contribution in [0.5, 0.6) is 0 Å². The molecule has 3 aliphatic rings. The third-order valence-electron chi connectivity index (χ3n) is 5.30. The predicted molar refractivity (Wildman–Crippen MR) is 69.9 cm³/mol. The number of fused-ring (bicyclic) bond motifs is 5. The number of likely N-dealkylation sites (tertiary alicyclic amines) is 1. The molecule has 19 heavy (non-hydrogen) atoms. The predicted octanol–water partition coefficient (Wildman–Crippen LogP) is 1.12. The molecular formula is C15H19NO3. The Balaban J connectivity index is 2.12. The number of β-amino-alcohol motifs (C(OH)–C–C–N with tert-alkyl or cyclic N) is 1. The van der Waals surface area contributed by atoms with Gasteiger partial charge in [-0.05, 0) is 18.8 Å². The molecular weight excluding hydrogens is 242 g/mol. The number of aliphatic hydroxyl groups excluding tert-OH is 1. The van der Waals surface area contributed by atoms with Crippen LogP contribution < -0.4 is 0 Å². The summed E-state index contributed by atoms with van der Waals surface area (Å²) < 4.78 is 0. The van der Waals surface area contributed by atoms with E-state index in [2.05, 4.69) is 25.7 Å². The largest absolute Gasteiger partial charge is 0.395 e. The molecule has 2 fully saturated rings. The molecule has 2 aliphatic carbocycles. The number of hydrogen-bond acceptors (Lipinski definition) is 3. The fraction of sp³-hybridized carbons (Fsp3) is 0.600. The smallest absolute Gasteiger partial charge is 0.237 e. The maximum Gasteiger partial charge on any atom is 0.237 e. The summed E-state index contributed by atoms with van der Waals surface area (Å²) in [5.74, 6) is -0.339. The lowest BCUT2D eigenvalue weighted by Crippen LogP contribution is -2.45. The summed E-state index contributed by atoms with van der Waals surface area (Å²) in [4.78, 5) is 26.6. The van der Waals surface area contributed by atoms with Gasteiger partial charge in [0.1, 0.15) is 0 Å². The summed E-state index contributed by atoms with van der Waals surface area (Å²) in [5, 5.41) is 9.07. The summed E-state index contributed by atoms with van der Waals surface area (Å²) in [5.41, 5.74) is -0.923. The van der Waals surface area contributed by atoms with Gasteiger partial charge >= 0.3 is 0 Å². The monoisotopic (exact) mass is 261 g/mol. The first-order valence-electron chi connectivity index (χ1n) is 6.79. The van der Waals surface area contributed by atoms with E-state index in [1.54, 1.807) is 6.08 Å². The van der Waals surface area contributed by atoms with Crippen molar-refractivity contribution in [2.24, 2.45) is 22.7 Å². The van der Waals surface area contributed by atoms with E-state index in [-0.39, 0.29) is 42.2 Å². The van der Waals surface area contributed by atoms with Crippen molar-refractivity contribution in [3.8, 4) is 0 Å². The van der Waals surface area contributed by atoms with Gasteiger partial charge < -0.3 is 5.11 Å². The first-order valence-corrected chi connectivity index (χ1v) is 6.79. The molecule has 0 spiro atoms. The van der Waals surface area contributed by atoms with Crippen LogP contribution in [0.1, 0.15) is 19.8 Å². The Hall–Kier alpha value is -1.42. The number of allylic oxidation sites excluding steroid dienone is 3. The summed E-state index contributed by atoms with van der Waals surface area (Å²) >= 11 is 0. The molecule has 102 valence electrons. The molecule has 4 nitrogen and oxygen atoms in total. The third-order valence-corrected chi connectivity index (χ3v) is 5.30. The zero-order chi connectivity index (χ0) is 13.8. The van der Waals surface area contributed by atoms with Crippen molar-refractivity contribution >= 4 is 11.8 Å². The van der Waals surface area contributed by atoms with E-state index < -0.39 is 5.41 Å². The van der Waals surface area contributed by atoms with Gasteiger partial charge in [0, 0.05) is 5.41 Å². The van der Waals surface area contributed by atoms with Gasteiger partial charge in [0.15, 0.2) is 0 Å². The molecule has 3 rings (SSSR count). The number of nitrogens with zero attached hydrogens (tertiary/aromatic N) is 1. The maximum absolute atomic E-state index is 12.8. The molecule has 2 bridgehead atoms. The quantitative estimate of drug-likeness (QED) is 0.609. The Morgan fingerprint density at radius 3 is 2.95 bits per heavy atom. The third kappa shape index (κ3) is 1.23. The van der Waals surface area contributed by atoms with Crippen LogP contribution in [0.15, 0.2) is 24.8 Å². The Morgan fingerprint density at radius 2 is 2.32 bits per heavy atom. The van der Waals surface area contributed by atoms with Gasteiger partial charge in [-0.15, -0.1) is 6.58 Å². The van der Waals surface area contributed by atoms with E-state index in [0.717, 1.165) is 6.42 Å². The van der Waals surface area contributed by atoms with Gasteiger partial charge in [-0.2, -0.15) is 0 Å². The summed E-state index contributed by atoms with van der Waals surface area (Å²) in [7, 11) is 0. The lowest BCUT2D eigenvalue weighted by atomic mass is 9.60. The van der Waals surface area contributed by atoms with Crippen molar-refractivity contribution in [3.05, 3.63) is 24.8 Å². The van der Waals surface area contributed by atoms with E-state index in [1.165, 1.54) is 4.90 Å². The number of hydrogen-bond donors (Lipinski definition) is 1. The molecule has 1 saturated carbocycles. The first kappa shape index (κ1) is 12.6. The normalized spacial score (nSPS) is 43.2. The second-order valence-electron chi connectivity index (χ2n) is 6.11. The zero-order valence-electron chi connectivity index (χ0n) is 11.1. The minimum absolute atomic E-state index is 0.107. The first-order chi connectivity index (χ1) is 9.02. The molecule has 1 heterocycles.